The summed E-state index contributed by atoms with van der Waals surface area (Å²) < 4.78 is 11.7. The maximum Gasteiger partial charge on any atom is 0.419 e. The molecule has 2 aromatic heterocycles. The van der Waals surface area contributed by atoms with Crippen LogP contribution in [0.3, 0.4) is 0 Å². The summed E-state index contributed by atoms with van der Waals surface area (Å²) in [5, 5.41) is 0.794. The number of carbonyl (C=O) groups is 2. The minimum absolute atomic E-state index is 0.0351. The van der Waals surface area contributed by atoms with Gasteiger partial charge in [-0.3, -0.25) is 9.36 Å². The van der Waals surface area contributed by atoms with Gasteiger partial charge in [0, 0.05) is 5.39 Å². The maximum absolute atomic E-state index is 12.0. The van der Waals surface area contributed by atoms with E-state index in [1.165, 1.54) is 10.8 Å². The number of aromatic amines is 1. The van der Waals surface area contributed by atoms with Gasteiger partial charge in [0.25, 0.3) is 0 Å². The monoisotopic (exact) mass is 392 g/mol. The van der Waals surface area contributed by atoms with Gasteiger partial charge < -0.3 is 14.1 Å². The molecule has 0 amide bonds. The fraction of sp³-hybridized carbons (Fsp3) is 0.188. The minimum Gasteiger partial charge on any atom is -0.461 e. The lowest BCUT2D eigenvalue weighted by Crippen LogP contribution is -2.14. The zero-order valence-electron chi connectivity index (χ0n) is 12.7. The average Bonchev–Trinajstić information content (AvgIpc) is 3.09. The molecule has 3 rings (SSSR count). The molecule has 124 valence electrons. The quantitative estimate of drug-likeness (QED) is 0.532. The Hall–Kier alpha value is -2.61. The smallest absolute Gasteiger partial charge is 0.419 e. The summed E-state index contributed by atoms with van der Waals surface area (Å²) in [5.41, 5.74) is 1.78. The molecule has 1 aromatic carbocycles. The van der Waals surface area contributed by atoms with Gasteiger partial charge in [-0.1, -0.05) is 18.2 Å². The summed E-state index contributed by atoms with van der Waals surface area (Å²) in [4.78, 5) is 37.5. The molecule has 0 fully saturated rings. The van der Waals surface area contributed by atoms with E-state index in [0.717, 1.165) is 10.9 Å². The predicted octanol–water partition coefficient (Wildman–Crippen LogP) is 2.72. The summed E-state index contributed by atoms with van der Waals surface area (Å²) >= 11 is 3.41. The Labute approximate surface area is 144 Å². The fourth-order valence-electron chi connectivity index (χ4n) is 2.46. The molecule has 24 heavy (non-hydrogen) atoms. The van der Waals surface area contributed by atoms with Crippen molar-refractivity contribution in [3.63, 3.8) is 0 Å². The number of ether oxygens (including phenoxy) is 1. The number of halogens is 1. The topological polar surface area (TPSA) is 94.3 Å². The van der Waals surface area contributed by atoms with E-state index in [0.29, 0.717) is 22.0 Å². The standard InChI is InChI=1S/C16H13BrN2O5/c1-2-23-15(21)14-12(17)11-5-3-4-9(13(11)18-14)6-19-7-10(8-20)24-16(19)22/h3-5,7-8,18H,2,6H2,1H3. The van der Waals surface area contributed by atoms with E-state index < -0.39 is 11.7 Å². The number of aromatic nitrogens is 2. The zero-order chi connectivity index (χ0) is 17.3. The molecule has 7 nitrogen and oxygen atoms in total. The second-order valence-electron chi connectivity index (χ2n) is 5.02. The highest BCUT2D eigenvalue weighted by Gasteiger charge is 2.19. The van der Waals surface area contributed by atoms with Gasteiger partial charge in [0.1, 0.15) is 5.69 Å². The Bertz CT molecular complexity index is 982. The van der Waals surface area contributed by atoms with Gasteiger partial charge in [0.15, 0.2) is 12.0 Å². The van der Waals surface area contributed by atoms with Crippen molar-refractivity contribution < 1.29 is 18.7 Å². The number of aldehydes is 1. The molecule has 0 spiro atoms. The van der Waals surface area contributed by atoms with Crippen LogP contribution in [0.1, 0.15) is 33.5 Å². The van der Waals surface area contributed by atoms with Crippen LogP contribution >= 0.6 is 15.9 Å². The number of hydrogen-bond donors (Lipinski definition) is 1. The number of para-hydroxylation sites is 1. The lowest BCUT2D eigenvalue weighted by molar-refractivity contribution is 0.0519. The van der Waals surface area contributed by atoms with Gasteiger partial charge in [-0.2, -0.15) is 0 Å². The van der Waals surface area contributed by atoms with Crippen LogP contribution in [0.4, 0.5) is 0 Å². The Morgan fingerprint density at radius 2 is 2.25 bits per heavy atom. The van der Waals surface area contributed by atoms with E-state index in [-0.39, 0.29) is 18.9 Å². The highest BCUT2D eigenvalue weighted by molar-refractivity contribution is 9.10. The molecule has 2 heterocycles. The molecular formula is C16H13BrN2O5. The second-order valence-corrected chi connectivity index (χ2v) is 5.81. The predicted molar refractivity (Wildman–Crippen MR) is 89.4 cm³/mol. The second kappa shape index (κ2) is 6.48. The summed E-state index contributed by atoms with van der Waals surface area (Å²) in [7, 11) is 0. The summed E-state index contributed by atoms with van der Waals surface area (Å²) in [6.45, 7) is 2.20. The molecule has 0 unspecified atom stereocenters. The van der Waals surface area contributed by atoms with E-state index in [1.807, 2.05) is 18.2 Å². The molecule has 3 aromatic rings. The highest BCUT2D eigenvalue weighted by Crippen LogP contribution is 2.30. The molecule has 0 saturated carbocycles. The number of hydrogen-bond acceptors (Lipinski definition) is 5. The number of fused-ring (bicyclic) bond motifs is 1. The number of nitrogens with zero attached hydrogens (tertiary/aromatic N) is 1. The third-order valence-electron chi connectivity index (χ3n) is 3.52. The number of carbonyl (C=O) groups excluding carboxylic acids is 2. The van der Waals surface area contributed by atoms with Crippen molar-refractivity contribution in [1.82, 2.24) is 9.55 Å². The van der Waals surface area contributed by atoms with Gasteiger partial charge >= 0.3 is 11.7 Å². The fourth-order valence-corrected chi connectivity index (χ4v) is 3.05. The third-order valence-corrected chi connectivity index (χ3v) is 4.34. The highest BCUT2D eigenvalue weighted by atomic mass is 79.9. The Kier molecular flexibility index (Phi) is 4.39. The third kappa shape index (κ3) is 2.80. The number of esters is 1. The van der Waals surface area contributed by atoms with Crippen LogP contribution in [0, 0.1) is 0 Å². The van der Waals surface area contributed by atoms with Crippen LogP contribution in [-0.4, -0.2) is 28.4 Å². The van der Waals surface area contributed by atoms with Crippen LogP contribution in [-0.2, 0) is 11.3 Å². The van der Waals surface area contributed by atoms with E-state index in [2.05, 4.69) is 20.9 Å². The van der Waals surface area contributed by atoms with Gasteiger partial charge in [0.05, 0.1) is 29.3 Å². The lowest BCUT2D eigenvalue weighted by atomic mass is 10.1. The van der Waals surface area contributed by atoms with Crippen LogP contribution < -0.4 is 5.76 Å². The minimum atomic E-state index is -0.620. The number of oxazole rings is 1. The summed E-state index contributed by atoms with van der Waals surface area (Å²) in [6.07, 6.45) is 1.82. The SMILES string of the molecule is CCOC(=O)c1[nH]c2c(Cn3cc(C=O)oc3=O)cccc2c1Br. The van der Waals surface area contributed by atoms with E-state index in [4.69, 9.17) is 9.15 Å². The first-order valence-corrected chi connectivity index (χ1v) is 7.96. The molecule has 0 aliphatic rings. The Morgan fingerprint density at radius 1 is 1.46 bits per heavy atom. The van der Waals surface area contributed by atoms with Crippen molar-refractivity contribution in [3.8, 4) is 0 Å². The van der Waals surface area contributed by atoms with Gasteiger partial charge in [-0.05, 0) is 28.4 Å². The van der Waals surface area contributed by atoms with Crippen molar-refractivity contribution in [3.05, 3.63) is 56.4 Å². The average molecular weight is 393 g/mol. The maximum atomic E-state index is 12.0. The largest absolute Gasteiger partial charge is 0.461 e. The van der Waals surface area contributed by atoms with Crippen LogP contribution in [0.15, 0.2) is 38.1 Å². The van der Waals surface area contributed by atoms with Crippen molar-refractivity contribution in [1.29, 1.82) is 0 Å². The summed E-state index contributed by atoms with van der Waals surface area (Å²) in [6, 6.07) is 5.48. The number of H-pyrrole nitrogens is 1. The molecule has 8 heteroatoms. The van der Waals surface area contributed by atoms with E-state index >= 15 is 0 Å². The molecule has 0 bridgehead atoms. The first-order valence-electron chi connectivity index (χ1n) is 7.16. The Balaban J connectivity index is 2.07. The lowest BCUT2D eigenvalue weighted by Gasteiger charge is -2.03. The number of benzene rings is 1. The van der Waals surface area contributed by atoms with Crippen LogP contribution in [0.25, 0.3) is 10.9 Å². The van der Waals surface area contributed by atoms with E-state index in [9.17, 15) is 14.4 Å². The molecule has 1 N–H and O–H groups in total. The molecule has 0 saturated heterocycles. The first-order chi connectivity index (χ1) is 11.5. The van der Waals surface area contributed by atoms with Crippen LogP contribution in [0.2, 0.25) is 0 Å². The number of nitrogens with one attached hydrogen (secondary N) is 1. The van der Waals surface area contributed by atoms with Gasteiger partial charge in [-0.25, -0.2) is 9.59 Å². The molecule has 0 aliphatic carbocycles. The van der Waals surface area contributed by atoms with Crippen molar-refractivity contribution in [2.75, 3.05) is 6.61 Å². The van der Waals surface area contributed by atoms with Crippen molar-refractivity contribution in [2.24, 2.45) is 0 Å². The van der Waals surface area contributed by atoms with Gasteiger partial charge in [0.2, 0.25) is 0 Å². The van der Waals surface area contributed by atoms with Crippen molar-refractivity contribution in [2.45, 2.75) is 13.5 Å². The zero-order valence-corrected chi connectivity index (χ0v) is 14.3. The Morgan fingerprint density at radius 3 is 2.92 bits per heavy atom. The normalized spacial score (nSPS) is 10.9. The molecule has 0 atom stereocenters. The van der Waals surface area contributed by atoms with Crippen LogP contribution in [0.5, 0.6) is 0 Å². The molecule has 0 radical (unpaired) electrons. The summed E-state index contributed by atoms with van der Waals surface area (Å²) in [5.74, 6) is -1.12. The van der Waals surface area contributed by atoms with Crippen molar-refractivity contribution >= 4 is 39.1 Å². The van der Waals surface area contributed by atoms with Gasteiger partial charge in [-0.15, -0.1) is 0 Å². The number of rotatable bonds is 5. The molecular weight excluding hydrogens is 380 g/mol. The first kappa shape index (κ1) is 16.3. The van der Waals surface area contributed by atoms with E-state index in [1.54, 1.807) is 6.92 Å². The molecule has 0 aliphatic heterocycles.